The van der Waals surface area contributed by atoms with Crippen LogP contribution >= 0.6 is 0 Å². The van der Waals surface area contributed by atoms with Gasteiger partial charge in [-0.3, -0.25) is 4.79 Å². The van der Waals surface area contributed by atoms with Crippen molar-refractivity contribution in [3.05, 3.63) is 83.2 Å². The highest BCUT2D eigenvalue weighted by Crippen LogP contribution is 2.32. The van der Waals surface area contributed by atoms with E-state index in [0.717, 1.165) is 11.5 Å². The van der Waals surface area contributed by atoms with Crippen molar-refractivity contribution < 1.29 is 18.0 Å². The first kappa shape index (κ1) is 16.2. The summed E-state index contributed by atoms with van der Waals surface area (Å²) in [6.07, 6.45) is 0. The number of nitrogens with two attached hydrogens (primary N) is 1. The SMILES string of the molecule is NC(=O)c1cccc2c1c1ccccc1n2Cc1cc(F)cc(F)c1F. The molecule has 4 aromatic rings. The summed E-state index contributed by atoms with van der Waals surface area (Å²) in [5.41, 5.74) is 7.05. The Labute approximate surface area is 146 Å². The number of halogens is 3. The molecule has 0 aliphatic carbocycles. The minimum Gasteiger partial charge on any atom is -0.366 e. The van der Waals surface area contributed by atoms with E-state index in [1.165, 1.54) is 0 Å². The summed E-state index contributed by atoms with van der Waals surface area (Å²) in [5.74, 6) is -3.76. The Kier molecular flexibility index (Phi) is 3.68. The van der Waals surface area contributed by atoms with Gasteiger partial charge in [0.1, 0.15) is 5.82 Å². The van der Waals surface area contributed by atoms with Gasteiger partial charge in [0.25, 0.3) is 0 Å². The molecule has 0 aliphatic heterocycles. The molecule has 0 saturated heterocycles. The molecule has 0 saturated carbocycles. The van der Waals surface area contributed by atoms with E-state index in [4.69, 9.17) is 5.73 Å². The number of hydrogen-bond donors (Lipinski definition) is 1. The summed E-state index contributed by atoms with van der Waals surface area (Å²) in [6, 6.07) is 13.7. The van der Waals surface area contributed by atoms with Gasteiger partial charge in [-0.25, -0.2) is 13.2 Å². The molecule has 1 aromatic heterocycles. The zero-order valence-corrected chi connectivity index (χ0v) is 13.5. The first-order chi connectivity index (χ1) is 12.5. The molecule has 1 amide bonds. The standard InChI is InChI=1S/C20H13F3N2O/c21-12-8-11(19(23)15(22)9-12)10-25-16-6-2-1-4-13(16)18-14(20(24)26)5-3-7-17(18)25/h1-9H,10H2,(H2,24,26). The van der Waals surface area contributed by atoms with E-state index < -0.39 is 23.4 Å². The maximum Gasteiger partial charge on any atom is 0.249 e. The second-order valence-electron chi connectivity index (χ2n) is 6.03. The Morgan fingerprint density at radius 1 is 0.962 bits per heavy atom. The third-order valence-electron chi connectivity index (χ3n) is 4.46. The minimum atomic E-state index is -1.24. The zero-order valence-electron chi connectivity index (χ0n) is 13.5. The van der Waals surface area contributed by atoms with Crippen LogP contribution in [0.5, 0.6) is 0 Å². The van der Waals surface area contributed by atoms with Crippen molar-refractivity contribution in [1.29, 1.82) is 0 Å². The molecule has 0 radical (unpaired) electrons. The Bertz CT molecular complexity index is 1180. The molecule has 3 aromatic carbocycles. The summed E-state index contributed by atoms with van der Waals surface area (Å²) in [7, 11) is 0. The lowest BCUT2D eigenvalue weighted by molar-refractivity contribution is 0.100. The van der Waals surface area contributed by atoms with Gasteiger partial charge in [0, 0.05) is 33.5 Å². The number of primary amides is 1. The predicted octanol–water partition coefficient (Wildman–Crippen LogP) is 4.36. The monoisotopic (exact) mass is 354 g/mol. The van der Waals surface area contributed by atoms with Crippen molar-refractivity contribution in [2.75, 3.05) is 0 Å². The number of carbonyl (C=O) groups is 1. The second-order valence-corrected chi connectivity index (χ2v) is 6.03. The average molecular weight is 354 g/mol. The zero-order chi connectivity index (χ0) is 18.4. The van der Waals surface area contributed by atoms with E-state index in [-0.39, 0.29) is 12.1 Å². The lowest BCUT2D eigenvalue weighted by Gasteiger charge is -2.10. The summed E-state index contributed by atoms with van der Waals surface area (Å²) in [5, 5.41) is 1.39. The molecule has 3 nitrogen and oxygen atoms in total. The Balaban J connectivity index is 2.04. The second kappa shape index (κ2) is 5.91. The molecule has 0 fully saturated rings. The van der Waals surface area contributed by atoms with Gasteiger partial charge in [-0.1, -0.05) is 24.3 Å². The van der Waals surface area contributed by atoms with Crippen LogP contribution in [0.2, 0.25) is 0 Å². The van der Waals surface area contributed by atoms with E-state index >= 15 is 0 Å². The summed E-state index contributed by atoms with van der Waals surface area (Å²) >= 11 is 0. The van der Waals surface area contributed by atoms with Crippen LogP contribution < -0.4 is 5.73 Å². The largest absolute Gasteiger partial charge is 0.366 e. The number of fused-ring (bicyclic) bond motifs is 3. The summed E-state index contributed by atoms with van der Waals surface area (Å²) < 4.78 is 43.0. The van der Waals surface area contributed by atoms with Crippen LogP contribution in [0.25, 0.3) is 21.8 Å². The number of nitrogens with zero attached hydrogens (tertiary/aromatic N) is 1. The maximum atomic E-state index is 14.2. The lowest BCUT2D eigenvalue weighted by atomic mass is 10.1. The topological polar surface area (TPSA) is 48.0 Å². The molecule has 6 heteroatoms. The van der Waals surface area contributed by atoms with Gasteiger partial charge in [-0.2, -0.15) is 0 Å². The van der Waals surface area contributed by atoms with Crippen LogP contribution in [0, 0.1) is 17.5 Å². The maximum absolute atomic E-state index is 14.2. The predicted molar refractivity (Wildman–Crippen MR) is 93.4 cm³/mol. The molecule has 0 unspecified atom stereocenters. The first-order valence-corrected chi connectivity index (χ1v) is 7.90. The van der Waals surface area contributed by atoms with Crippen LogP contribution in [-0.4, -0.2) is 10.5 Å². The molecule has 0 bridgehead atoms. The number of para-hydroxylation sites is 1. The third kappa shape index (κ3) is 2.42. The van der Waals surface area contributed by atoms with E-state index in [9.17, 15) is 18.0 Å². The molecule has 1 heterocycles. The van der Waals surface area contributed by atoms with Crippen molar-refractivity contribution in [2.45, 2.75) is 6.54 Å². The Morgan fingerprint density at radius 2 is 1.69 bits per heavy atom. The molecule has 130 valence electrons. The average Bonchev–Trinajstić information content (AvgIpc) is 2.93. The van der Waals surface area contributed by atoms with Crippen molar-refractivity contribution in [1.82, 2.24) is 4.57 Å². The van der Waals surface area contributed by atoms with Crippen LogP contribution in [0.15, 0.2) is 54.6 Å². The van der Waals surface area contributed by atoms with Crippen molar-refractivity contribution >= 4 is 27.7 Å². The van der Waals surface area contributed by atoms with Gasteiger partial charge < -0.3 is 10.3 Å². The van der Waals surface area contributed by atoms with Crippen molar-refractivity contribution in [3.63, 3.8) is 0 Å². The van der Waals surface area contributed by atoms with Crippen molar-refractivity contribution in [3.8, 4) is 0 Å². The van der Waals surface area contributed by atoms with Gasteiger partial charge >= 0.3 is 0 Å². The van der Waals surface area contributed by atoms with E-state index in [0.29, 0.717) is 28.0 Å². The lowest BCUT2D eigenvalue weighted by Crippen LogP contribution is -2.11. The summed E-state index contributed by atoms with van der Waals surface area (Å²) in [6.45, 7) is -0.0905. The third-order valence-corrected chi connectivity index (χ3v) is 4.46. The molecule has 2 N–H and O–H groups in total. The highest BCUT2D eigenvalue weighted by Gasteiger charge is 2.18. The smallest absolute Gasteiger partial charge is 0.249 e. The minimum absolute atomic E-state index is 0.0905. The molecule has 0 aliphatic rings. The van der Waals surface area contributed by atoms with Gasteiger partial charge in [0.15, 0.2) is 11.6 Å². The number of benzene rings is 3. The quantitative estimate of drug-likeness (QED) is 0.546. The number of rotatable bonds is 3. The fraction of sp³-hybridized carbons (Fsp3) is 0.0500. The Morgan fingerprint density at radius 3 is 2.46 bits per heavy atom. The highest BCUT2D eigenvalue weighted by molar-refractivity contribution is 6.17. The number of aromatic nitrogens is 1. The van der Waals surface area contributed by atoms with Crippen LogP contribution in [0.1, 0.15) is 15.9 Å². The van der Waals surface area contributed by atoms with Crippen LogP contribution in [0.3, 0.4) is 0 Å². The molecule has 0 atom stereocenters. The van der Waals surface area contributed by atoms with E-state index in [2.05, 4.69) is 0 Å². The van der Waals surface area contributed by atoms with Gasteiger partial charge in [-0.05, 0) is 24.3 Å². The van der Waals surface area contributed by atoms with Gasteiger partial charge in [0.05, 0.1) is 12.1 Å². The van der Waals surface area contributed by atoms with Crippen LogP contribution in [0.4, 0.5) is 13.2 Å². The summed E-state index contributed by atoms with van der Waals surface area (Å²) in [4.78, 5) is 11.8. The number of carbonyl (C=O) groups excluding carboxylic acids is 1. The molecule has 4 rings (SSSR count). The normalized spacial score (nSPS) is 11.3. The van der Waals surface area contributed by atoms with Gasteiger partial charge in [0.2, 0.25) is 5.91 Å². The van der Waals surface area contributed by atoms with Crippen molar-refractivity contribution in [2.24, 2.45) is 5.73 Å². The molecule has 26 heavy (non-hydrogen) atoms. The molecular formula is C20H13F3N2O. The highest BCUT2D eigenvalue weighted by atomic mass is 19.2. The number of hydrogen-bond acceptors (Lipinski definition) is 1. The fourth-order valence-electron chi connectivity index (χ4n) is 3.37. The first-order valence-electron chi connectivity index (χ1n) is 7.90. The van der Waals surface area contributed by atoms with Crippen LogP contribution in [-0.2, 0) is 6.54 Å². The van der Waals surface area contributed by atoms with E-state index in [1.807, 2.05) is 12.1 Å². The molecular weight excluding hydrogens is 341 g/mol. The number of amides is 1. The van der Waals surface area contributed by atoms with E-state index in [1.54, 1.807) is 34.9 Å². The molecule has 0 spiro atoms. The Hall–Kier alpha value is -3.28. The van der Waals surface area contributed by atoms with Gasteiger partial charge in [-0.15, -0.1) is 0 Å². The fourth-order valence-corrected chi connectivity index (χ4v) is 3.37.